The average Bonchev–Trinajstić information content (AvgIpc) is 2.07. The minimum absolute atomic E-state index is 0.314. The summed E-state index contributed by atoms with van der Waals surface area (Å²) in [6.07, 6.45) is 1.12. The maximum atomic E-state index is 11.3. The van der Waals surface area contributed by atoms with Crippen LogP contribution in [0.15, 0.2) is 0 Å². The first-order valence-corrected chi connectivity index (χ1v) is 5.63. The Hall–Kier alpha value is -0.950. The van der Waals surface area contributed by atoms with E-state index in [1.165, 1.54) is 10.6 Å². The Labute approximate surface area is 83.9 Å². The lowest BCUT2D eigenvalue weighted by Crippen LogP contribution is -2.56. The highest BCUT2D eigenvalue weighted by Gasteiger charge is 2.33. The minimum atomic E-state index is -1.31. The summed E-state index contributed by atoms with van der Waals surface area (Å²) >= 11 is 0. The molecule has 0 bridgehead atoms. The Kier molecular flexibility index (Phi) is 3.59. The van der Waals surface area contributed by atoms with Gasteiger partial charge in [-0.15, -0.1) is 0 Å². The highest BCUT2D eigenvalue weighted by atomic mass is 32.2. The van der Waals surface area contributed by atoms with Gasteiger partial charge in [0.2, 0.25) is 5.91 Å². The molecule has 0 aliphatic carbocycles. The summed E-state index contributed by atoms with van der Waals surface area (Å²) in [4.78, 5) is 21.8. The normalized spacial score (nSPS) is 25.5. The van der Waals surface area contributed by atoms with Crippen molar-refractivity contribution in [2.24, 2.45) is 0 Å². The summed E-state index contributed by atoms with van der Waals surface area (Å²) in [5.74, 6) is -1.43. The summed E-state index contributed by atoms with van der Waals surface area (Å²) in [6.45, 7) is 0.835. The van der Waals surface area contributed by atoms with E-state index >= 15 is 0 Å². The Bertz CT molecular complexity index is 281. The molecule has 2 unspecified atom stereocenters. The molecular formula is C7H12N2O4S. The van der Waals surface area contributed by atoms with E-state index < -0.39 is 23.0 Å². The zero-order valence-electron chi connectivity index (χ0n) is 7.73. The Morgan fingerprint density at radius 1 is 1.79 bits per heavy atom. The second-order valence-electron chi connectivity index (χ2n) is 2.97. The molecular weight excluding hydrogens is 208 g/mol. The first kappa shape index (κ1) is 11.1. The monoisotopic (exact) mass is 220 g/mol. The molecule has 6 nitrogen and oxygen atoms in total. The van der Waals surface area contributed by atoms with E-state index in [0.29, 0.717) is 13.1 Å². The van der Waals surface area contributed by atoms with Crippen LogP contribution in [0.5, 0.6) is 0 Å². The number of aliphatic carboxylic acids is 1. The van der Waals surface area contributed by atoms with Gasteiger partial charge in [-0.2, -0.15) is 0 Å². The quantitative estimate of drug-likeness (QED) is 0.609. The molecule has 2 N–H and O–H groups in total. The molecule has 1 rings (SSSR count). The lowest BCUT2D eigenvalue weighted by molar-refractivity contribution is -0.141. The van der Waals surface area contributed by atoms with Crippen molar-refractivity contribution in [1.29, 1.82) is 0 Å². The molecule has 0 spiro atoms. The highest BCUT2D eigenvalue weighted by Crippen LogP contribution is 2.10. The van der Waals surface area contributed by atoms with Crippen LogP contribution in [0.2, 0.25) is 0 Å². The van der Waals surface area contributed by atoms with E-state index in [0.717, 1.165) is 0 Å². The number of nitrogens with zero attached hydrogens (tertiary/aromatic N) is 1. The van der Waals surface area contributed by atoms with E-state index in [9.17, 15) is 13.8 Å². The van der Waals surface area contributed by atoms with Crippen molar-refractivity contribution >= 4 is 22.9 Å². The zero-order chi connectivity index (χ0) is 10.7. The van der Waals surface area contributed by atoms with Crippen molar-refractivity contribution in [2.45, 2.75) is 12.5 Å². The lowest BCUT2D eigenvalue weighted by Gasteiger charge is -2.31. The lowest BCUT2D eigenvalue weighted by atomic mass is 10.1. The molecule has 1 amide bonds. The molecule has 0 aromatic carbocycles. The van der Waals surface area contributed by atoms with Crippen molar-refractivity contribution in [3.8, 4) is 0 Å². The molecule has 1 heterocycles. The second-order valence-corrected chi connectivity index (χ2v) is 4.29. The smallest absolute Gasteiger partial charge is 0.305 e. The molecule has 1 saturated heterocycles. The van der Waals surface area contributed by atoms with Gasteiger partial charge in [0.25, 0.3) is 0 Å². The third-order valence-corrected chi connectivity index (χ3v) is 3.08. The van der Waals surface area contributed by atoms with Crippen LogP contribution in [0.1, 0.15) is 6.42 Å². The van der Waals surface area contributed by atoms with Crippen molar-refractivity contribution in [3.63, 3.8) is 0 Å². The number of piperazine rings is 1. The molecule has 0 aromatic heterocycles. The highest BCUT2D eigenvalue weighted by molar-refractivity contribution is 7.81. The molecule has 1 aliphatic rings. The van der Waals surface area contributed by atoms with Crippen molar-refractivity contribution in [2.75, 3.05) is 19.3 Å². The molecule has 14 heavy (non-hydrogen) atoms. The first-order valence-electron chi connectivity index (χ1n) is 4.12. The molecule has 80 valence electrons. The van der Waals surface area contributed by atoms with Crippen LogP contribution in [0.3, 0.4) is 0 Å². The van der Waals surface area contributed by atoms with Crippen molar-refractivity contribution in [1.82, 2.24) is 9.62 Å². The standard InChI is InChI=1S/C7H12N2O4S/c1-14(13)9-3-2-8-7(12)5(9)4-6(10)11/h5H,2-4H2,1H3,(H,8,12)(H,10,11). The number of hydrogen-bond donors (Lipinski definition) is 2. The van der Waals surface area contributed by atoms with Crippen LogP contribution in [0, 0.1) is 0 Å². The second kappa shape index (κ2) is 4.52. The Balaban J connectivity index is 2.75. The number of hydrogen-bond acceptors (Lipinski definition) is 3. The van der Waals surface area contributed by atoms with Gasteiger partial charge in [-0.1, -0.05) is 0 Å². The van der Waals surface area contributed by atoms with Crippen LogP contribution in [0.25, 0.3) is 0 Å². The summed E-state index contributed by atoms with van der Waals surface area (Å²) in [6, 6.07) is -0.813. The molecule has 0 aromatic rings. The molecule has 0 saturated carbocycles. The number of carboxylic acids is 1. The van der Waals surface area contributed by atoms with E-state index in [2.05, 4.69) is 5.32 Å². The van der Waals surface area contributed by atoms with E-state index in [1.54, 1.807) is 0 Å². The molecule has 1 aliphatic heterocycles. The van der Waals surface area contributed by atoms with Crippen LogP contribution in [0.4, 0.5) is 0 Å². The molecule has 2 atom stereocenters. The van der Waals surface area contributed by atoms with Crippen LogP contribution in [-0.4, -0.2) is 50.9 Å². The van der Waals surface area contributed by atoms with Crippen molar-refractivity contribution < 1.29 is 18.9 Å². The summed E-state index contributed by atoms with van der Waals surface area (Å²) in [5.41, 5.74) is 0. The van der Waals surface area contributed by atoms with Crippen molar-refractivity contribution in [3.05, 3.63) is 0 Å². The van der Waals surface area contributed by atoms with Gasteiger partial charge in [-0.05, 0) is 0 Å². The average molecular weight is 220 g/mol. The Morgan fingerprint density at radius 2 is 2.43 bits per heavy atom. The van der Waals surface area contributed by atoms with Crippen LogP contribution in [-0.2, 0) is 20.6 Å². The van der Waals surface area contributed by atoms with Gasteiger partial charge in [0, 0.05) is 19.3 Å². The molecule has 0 radical (unpaired) electrons. The number of nitrogens with one attached hydrogen (secondary N) is 1. The zero-order valence-corrected chi connectivity index (χ0v) is 8.54. The predicted molar refractivity (Wildman–Crippen MR) is 49.8 cm³/mol. The predicted octanol–water partition coefficient (Wildman–Crippen LogP) is -1.44. The fourth-order valence-corrected chi connectivity index (χ4v) is 2.24. The van der Waals surface area contributed by atoms with Gasteiger partial charge in [0.05, 0.1) is 17.4 Å². The number of carboxylic acid groups (broad SMARTS) is 1. The molecule has 7 heteroatoms. The van der Waals surface area contributed by atoms with Gasteiger partial charge in [0.1, 0.15) is 6.04 Å². The van der Waals surface area contributed by atoms with Gasteiger partial charge in [0.15, 0.2) is 0 Å². The number of amides is 1. The fourth-order valence-electron chi connectivity index (χ4n) is 1.36. The van der Waals surface area contributed by atoms with Crippen LogP contribution >= 0.6 is 0 Å². The summed E-state index contributed by atoms with van der Waals surface area (Å²) in [5, 5.41) is 11.1. The third kappa shape index (κ3) is 2.52. The van der Waals surface area contributed by atoms with E-state index in [-0.39, 0.29) is 12.3 Å². The number of carbonyl (C=O) groups excluding carboxylic acids is 1. The van der Waals surface area contributed by atoms with E-state index in [1.807, 2.05) is 0 Å². The SMILES string of the molecule is CS(=O)N1CCNC(=O)C1CC(=O)O. The Morgan fingerprint density at radius 3 is 2.93 bits per heavy atom. The van der Waals surface area contributed by atoms with E-state index in [4.69, 9.17) is 5.11 Å². The van der Waals surface area contributed by atoms with Gasteiger partial charge in [-0.3, -0.25) is 9.59 Å². The minimum Gasteiger partial charge on any atom is -0.481 e. The maximum Gasteiger partial charge on any atom is 0.305 e. The van der Waals surface area contributed by atoms with Gasteiger partial charge >= 0.3 is 5.97 Å². The largest absolute Gasteiger partial charge is 0.481 e. The molecule has 1 fully saturated rings. The number of carbonyl (C=O) groups is 2. The fraction of sp³-hybridized carbons (Fsp3) is 0.714. The summed E-state index contributed by atoms with van der Waals surface area (Å²) < 4.78 is 12.6. The number of rotatable bonds is 3. The topological polar surface area (TPSA) is 86.7 Å². The third-order valence-electron chi connectivity index (χ3n) is 1.98. The maximum absolute atomic E-state index is 11.3. The van der Waals surface area contributed by atoms with Crippen LogP contribution < -0.4 is 5.32 Å². The van der Waals surface area contributed by atoms with Gasteiger partial charge in [-0.25, -0.2) is 8.51 Å². The van der Waals surface area contributed by atoms with Gasteiger partial charge < -0.3 is 10.4 Å². The first-order chi connectivity index (χ1) is 6.52. The summed E-state index contributed by atoms with van der Waals surface area (Å²) in [7, 11) is -1.31.